The van der Waals surface area contributed by atoms with Crippen molar-refractivity contribution in [3.05, 3.63) is 40.4 Å². The van der Waals surface area contributed by atoms with Crippen molar-refractivity contribution >= 4 is 35.2 Å². The molecule has 4 aliphatic rings. The maximum atomic E-state index is 14.7. The Labute approximate surface area is 363 Å². The van der Waals surface area contributed by atoms with Gasteiger partial charge in [-0.2, -0.15) is 14.7 Å². The lowest BCUT2D eigenvalue weighted by atomic mass is 9.73. The van der Waals surface area contributed by atoms with Crippen LogP contribution in [0.3, 0.4) is 0 Å². The fourth-order valence-electron chi connectivity index (χ4n) is 10.1. The Bertz CT molecular complexity index is 1930. The standard InChI is InChI=1S/C43H63ClN6O11/c1-12-31-43(8)36-25(4)33(49(55)22-48(50(36)41(54)60-43)19-13-14-32-45-38(46-61-32)28-15-17-29(44)18-16-28)23(2)21-42(7,56-11)37(26(5)34(51)27(6)39(53)58-31)59-40-35(52)30(47(9)10)20-24(3)57-40/h15-18,23-27,30-31,35-37,40,52H,12-14,19-22H2,1-11H3/t23-,24-,25+,26+,27-,30+,31-,35-,36-,37-,40+,42+,43-/m1/s1. The fraction of sp³-hybridized carbons (Fsp3) is 0.721. The lowest BCUT2D eigenvalue weighted by Gasteiger charge is -2.47. The summed E-state index contributed by atoms with van der Waals surface area (Å²) in [5.74, 6) is -3.80. The van der Waals surface area contributed by atoms with Gasteiger partial charge in [0.15, 0.2) is 23.4 Å². The van der Waals surface area contributed by atoms with Gasteiger partial charge >= 0.3 is 12.1 Å². The molecular formula is C43H63ClN6O11. The van der Waals surface area contributed by atoms with E-state index in [1.54, 1.807) is 50.0 Å². The number of methoxy groups -OCH3 is 1. The third-order valence-corrected chi connectivity index (χ3v) is 13.6. The predicted molar refractivity (Wildman–Crippen MR) is 223 cm³/mol. The monoisotopic (exact) mass is 874 g/mol. The number of likely N-dealkylation sites (N-methyl/N-ethyl adjacent to an activating group) is 1. The summed E-state index contributed by atoms with van der Waals surface area (Å²) < 4.78 is 38.1. The second kappa shape index (κ2) is 18.6. The number of carbonyl (C=O) groups excluding carboxylic acids is 3. The van der Waals surface area contributed by atoms with Crippen molar-refractivity contribution < 1.29 is 52.4 Å². The van der Waals surface area contributed by atoms with Crippen LogP contribution in [0.1, 0.15) is 87.0 Å². The minimum Gasteiger partial charge on any atom is -0.623 e. The van der Waals surface area contributed by atoms with E-state index in [2.05, 4.69) is 10.1 Å². The summed E-state index contributed by atoms with van der Waals surface area (Å²) in [4.78, 5) is 49.1. The molecule has 3 fully saturated rings. The SMILES string of the molecule is CC[C@H]1OC(=O)[C@H](C)C(=O)[C@H](C)[C@@H](O[C@@H]2O[C@H](C)C[C@H](N(C)C)[C@H]2O)[C@@](C)(OC)C[C@@H](C)C2=[N+]([O-])CN(CCCc3nc(-c4ccc(Cl)cc4)no3)N3C(=O)O[C@@]1(C)[C@H]3[C@H]2C. The second-order valence-electron chi connectivity index (χ2n) is 17.9. The molecule has 18 heteroatoms. The normalized spacial score (nSPS) is 36.8. The molecule has 6 rings (SSSR count). The average molecular weight is 875 g/mol. The first-order valence-electron chi connectivity index (χ1n) is 21.4. The number of hydrogen-bond donors (Lipinski definition) is 1. The van der Waals surface area contributed by atoms with E-state index in [4.69, 9.17) is 39.8 Å². The number of hydroxylamine groups is 1. The number of fused-ring (bicyclic) bond motifs is 1. The molecule has 2 bridgehead atoms. The number of hydrazine groups is 1. The number of aryl methyl sites for hydroxylation is 1. The number of ether oxygens (including phenoxy) is 5. The van der Waals surface area contributed by atoms with Gasteiger partial charge in [0.25, 0.3) is 0 Å². The summed E-state index contributed by atoms with van der Waals surface area (Å²) in [6.45, 7) is 14.2. The van der Waals surface area contributed by atoms with Gasteiger partial charge in [-0.1, -0.05) is 44.5 Å². The molecule has 1 aromatic carbocycles. The molecule has 1 amide bonds. The Hall–Kier alpha value is -3.71. The van der Waals surface area contributed by atoms with Crippen LogP contribution in [0.25, 0.3) is 11.4 Å². The maximum Gasteiger partial charge on any atom is 0.425 e. The Morgan fingerprint density at radius 2 is 1.77 bits per heavy atom. The number of benzene rings is 1. The van der Waals surface area contributed by atoms with E-state index in [1.807, 2.05) is 46.7 Å². The van der Waals surface area contributed by atoms with E-state index in [1.165, 1.54) is 19.0 Å². The zero-order chi connectivity index (χ0) is 44.7. The predicted octanol–water partition coefficient (Wildman–Crippen LogP) is 5.10. The number of esters is 1. The first-order valence-corrected chi connectivity index (χ1v) is 21.7. The molecular weight excluding hydrogens is 812 g/mol. The van der Waals surface area contributed by atoms with Crippen LogP contribution in [0.15, 0.2) is 28.8 Å². The fourth-order valence-corrected chi connectivity index (χ4v) is 10.2. The second-order valence-corrected chi connectivity index (χ2v) is 18.4. The van der Waals surface area contributed by atoms with E-state index in [0.717, 1.165) is 10.3 Å². The quantitative estimate of drug-likeness (QED) is 0.143. The highest BCUT2D eigenvalue weighted by Crippen LogP contribution is 2.45. The Morgan fingerprint density at radius 3 is 2.41 bits per heavy atom. The van der Waals surface area contributed by atoms with Gasteiger partial charge in [-0.3, -0.25) is 9.59 Å². The summed E-state index contributed by atoms with van der Waals surface area (Å²) in [5, 5.41) is 34.1. The van der Waals surface area contributed by atoms with Crippen LogP contribution in [0.2, 0.25) is 5.02 Å². The summed E-state index contributed by atoms with van der Waals surface area (Å²) in [7, 11) is 5.26. The van der Waals surface area contributed by atoms with Gasteiger partial charge in [0, 0.05) is 48.5 Å². The number of nitrogens with zero attached hydrogens (tertiary/aromatic N) is 6. The molecule has 61 heavy (non-hydrogen) atoms. The van der Waals surface area contributed by atoms with Gasteiger partial charge in [0.2, 0.25) is 18.4 Å². The minimum atomic E-state index is -1.43. The van der Waals surface area contributed by atoms with Crippen molar-refractivity contribution in [3.8, 4) is 11.4 Å². The molecule has 0 aliphatic carbocycles. The van der Waals surface area contributed by atoms with Crippen LogP contribution in [0, 0.1) is 28.9 Å². The maximum absolute atomic E-state index is 14.7. The summed E-state index contributed by atoms with van der Waals surface area (Å²) in [5.41, 5.74) is -1.50. The molecule has 17 nitrogen and oxygen atoms in total. The number of Topliss-reactive ketones (excluding diaryl/α,β-unsaturated/α-hetero) is 1. The lowest BCUT2D eigenvalue weighted by Crippen LogP contribution is -2.61. The van der Waals surface area contributed by atoms with Crippen LogP contribution < -0.4 is 0 Å². The van der Waals surface area contributed by atoms with Crippen molar-refractivity contribution in [2.45, 2.75) is 141 Å². The van der Waals surface area contributed by atoms with Gasteiger partial charge in [-0.25, -0.2) is 9.80 Å². The molecule has 0 radical (unpaired) electrons. The highest BCUT2D eigenvalue weighted by molar-refractivity contribution is 6.30. The first-order chi connectivity index (χ1) is 28.7. The molecule has 5 heterocycles. The molecule has 0 saturated carbocycles. The van der Waals surface area contributed by atoms with Crippen LogP contribution in [0.5, 0.6) is 0 Å². The highest BCUT2D eigenvalue weighted by atomic mass is 35.5. The van der Waals surface area contributed by atoms with E-state index >= 15 is 0 Å². The molecule has 3 saturated heterocycles. The molecule has 2 aromatic rings. The van der Waals surface area contributed by atoms with Crippen LogP contribution in [0.4, 0.5) is 4.79 Å². The molecule has 1 aromatic heterocycles. The topological polar surface area (TPSA) is 192 Å². The summed E-state index contributed by atoms with van der Waals surface area (Å²) in [6.07, 6.45) is -3.43. The van der Waals surface area contributed by atoms with Gasteiger partial charge < -0.3 is 43.4 Å². The first kappa shape index (κ1) is 46.8. The largest absolute Gasteiger partial charge is 0.623 e. The Kier molecular flexibility index (Phi) is 14.2. The van der Waals surface area contributed by atoms with Crippen LogP contribution >= 0.6 is 11.6 Å². The third-order valence-electron chi connectivity index (χ3n) is 13.3. The molecule has 338 valence electrons. The van der Waals surface area contributed by atoms with E-state index in [-0.39, 0.29) is 38.2 Å². The van der Waals surface area contributed by atoms with Crippen LogP contribution in [-0.2, 0) is 39.7 Å². The summed E-state index contributed by atoms with van der Waals surface area (Å²) in [6, 6.07) is 5.98. The zero-order valence-electron chi connectivity index (χ0n) is 37.2. The van der Waals surface area contributed by atoms with Crippen molar-refractivity contribution in [3.63, 3.8) is 0 Å². The van der Waals surface area contributed by atoms with Crippen molar-refractivity contribution in [2.24, 2.45) is 23.7 Å². The smallest absolute Gasteiger partial charge is 0.425 e. The number of aromatic nitrogens is 2. The van der Waals surface area contributed by atoms with Gasteiger partial charge in [0.05, 0.1) is 23.7 Å². The third kappa shape index (κ3) is 9.20. The number of aliphatic hydroxyl groups excluding tert-OH is 1. The van der Waals surface area contributed by atoms with E-state index in [9.17, 15) is 24.7 Å². The number of halogens is 1. The Morgan fingerprint density at radius 1 is 1.08 bits per heavy atom. The average Bonchev–Trinajstić information content (AvgIpc) is 3.76. The van der Waals surface area contributed by atoms with Crippen molar-refractivity contribution in [1.82, 2.24) is 25.1 Å². The van der Waals surface area contributed by atoms with Gasteiger partial charge in [-0.05, 0) is 91.7 Å². The van der Waals surface area contributed by atoms with Crippen LogP contribution in [-0.4, -0.2) is 147 Å². The van der Waals surface area contributed by atoms with Gasteiger partial charge in [0.1, 0.15) is 24.2 Å². The van der Waals surface area contributed by atoms with Crippen molar-refractivity contribution in [2.75, 3.05) is 34.4 Å². The molecule has 0 unspecified atom stereocenters. The molecule has 4 aliphatic heterocycles. The summed E-state index contributed by atoms with van der Waals surface area (Å²) >= 11 is 6.05. The number of cyclic esters (lactones) is 1. The zero-order valence-corrected chi connectivity index (χ0v) is 38.0. The van der Waals surface area contributed by atoms with Crippen molar-refractivity contribution in [1.29, 1.82) is 0 Å². The number of ketones is 1. The number of amides is 1. The van der Waals surface area contributed by atoms with E-state index < -0.39 is 83.4 Å². The number of aliphatic hydroxyl groups is 1. The van der Waals surface area contributed by atoms with Gasteiger partial charge in [-0.15, -0.1) is 0 Å². The number of rotatable bonds is 10. The van der Waals surface area contributed by atoms with E-state index in [0.29, 0.717) is 41.7 Å². The number of hydrogen-bond acceptors (Lipinski definition) is 15. The molecule has 1 N–H and O–H groups in total. The lowest BCUT2D eigenvalue weighted by molar-refractivity contribution is -0.494. The Balaban J connectivity index is 1.37. The number of carbonyl (C=O) groups is 3. The highest BCUT2D eigenvalue weighted by Gasteiger charge is 2.64. The minimum absolute atomic E-state index is 0.182. The molecule has 13 atom stereocenters. The molecule has 0 spiro atoms.